The summed E-state index contributed by atoms with van der Waals surface area (Å²) in [5, 5.41) is 20.9. The highest BCUT2D eigenvalue weighted by Gasteiger charge is 2.22. The number of imidazole rings is 1. The van der Waals surface area contributed by atoms with Gasteiger partial charge >= 0.3 is 5.97 Å². The number of aliphatic hydroxyl groups excluding tert-OH is 1. The Bertz CT molecular complexity index is 1370. The van der Waals surface area contributed by atoms with Crippen LogP contribution in [-0.4, -0.2) is 34.8 Å². The first-order valence-electron chi connectivity index (χ1n) is 8.83. The van der Waals surface area contributed by atoms with Gasteiger partial charge in [-0.25, -0.2) is 9.78 Å². The molecule has 0 amide bonds. The molecule has 0 saturated carbocycles. The second kappa shape index (κ2) is 8.47. The molecular weight excluding hydrogens is 461 g/mol. The smallest absolute Gasteiger partial charge is 0.350 e. The molecule has 156 valence electrons. The number of methoxy groups -OCH3 is 1. The number of fused-ring (bicyclic) bond motifs is 2. The van der Waals surface area contributed by atoms with Crippen molar-refractivity contribution in [2.45, 2.75) is 0 Å². The molecule has 2 N–H and O–H groups in total. The molecule has 0 aliphatic rings. The largest absolute Gasteiger partial charge is 0.507 e. The van der Waals surface area contributed by atoms with Crippen LogP contribution in [0.5, 0.6) is 5.75 Å². The van der Waals surface area contributed by atoms with E-state index < -0.39 is 18.3 Å². The molecule has 0 saturated heterocycles. The van der Waals surface area contributed by atoms with Gasteiger partial charge in [-0.3, -0.25) is 0 Å². The molecule has 2 aromatic carbocycles. The van der Waals surface area contributed by atoms with Crippen molar-refractivity contribution in [1.29, 1.82) is 5.26 Å². The molecule has 0 aliphatic carbocycles. The van der Waals surface area contributed by atoms with E-state index in [0.717, 1.165) is 11.3 Å². The minimum Gasteiger partial charge on any atom is -0.507 e. The summed E-state index contributed by atoms with van der Waals surface area (Å²) in [5.74, 6) is -0.561. The minimum absolute atomic E-state index is 0.126. The second-order valence-corrected chi connectivity index (χ2v) is 8.09. The first-order valence-corrected chi connectivity index (χ1v) is 10.4. The Hall–Kier alpha value is -3.25. The summed E-state index contributed by atoms with van der Waals surface area (Å²) >= 11 is 13.7. The van der Waals surface area contributed by atoms with Crippen LogP contribution in [0, 0.1) is 11.3 Å². The number of benzene rings is 2. The average Bonchev–Trinajstić information content (AvgIpc) is 3.34. The lowest BCUT2D eigenvalue weighted by atomic mass is 10.2. The van der Waals surface area contributed by atoms with Crippen molar-refractivity contribution in [3.05, 3.63) is 62.9 Å². The van der Waals surface area contributed by atoms with Crippen molar-refractivity contribution < 1.29 is 19.4 Å². The summed E-state index contributed by atoms with van der Waals surface area (Å²) in [7, 11) is 1.49. The lowest BCUT2D eigenvalue weighted by Crippen LogP contribution is -2.08. The second-order valence-electron chi connectivity index (χ2n) is 6.32. The fraction of sp³-hybridized carbons (Fsp3) is 0.0952. The molecule has 0 fully saturated rings. The maximum Gasteiger partial charge on any atom is 0.350 e. The van der Waals surface area contributed by atoms with Crippen LogP contribution in [-0.2, 0) is 4.74 Å². The number of nitriles is 1. The van der Waals surface area contributed by atoms with E-state index in [-0.39, 0.29) is 21.3 Å². The van der Waals surface area contributed by atoms with Gasteiger partial charge in [0, 0.05) is 5.39 Å². The summed E-state index contributed by atoms with van der Waals surface area (Å²) in [6.07, 6.45) is 0. The third kappa shape index (κ3) is 3.79. The molecule has 4 rings (SSSR count). The van der Waals surface area contributed by atoms with Crippen molar-refractivity contribution in [2.24, 2.45) is 0 Å². The number of esters is 1. The Morgan fingerprint density at radius 3 is 2.74 bits per heavy atom. The number of aromatic nitrogens is 2. The highest BCUT2D eigenvalue weighted by Crippen LogP contribution is 2.43. The molecule has 0 unspecified atom stereocenters. The van der Waals surface area contributed by atoms with Crippen molar-refractivity contribution in [2.75, 3.05) is 13.7 Å². The molecule has 0 aliphatic heterocycles. The number of H-pyrrole nitrogens is 1. The lowest BCUT2D eigenvalue weighted by molar-refractivity contribution is 0.0508. The van der Waals surface area contributed by atoms with Gasteiger partial charge in [0.1, 0.15) is 33.9 Å². The molecule has 10 heteroatoms. The van der Waals surface area contributed by atoms with E-state index in [1.165, 1.54) is 7.11 Å². The van der Waals surface area contributed by atoms with Gasteiger partial charge in [-0.1, -0.05) is 35.3 Å². The summed E-state index contributed by atoms with van der Waals surface area (Å²) in [5.41, 5.74) is 1.22. The Morgan fingerprint density at radius 2 is 2.03 bits per heavy atom. The number of aromatic amines is 1. The zero-order valence-electron chi connectivity index (χ0n) is 15.9. The van der Waals surface area contributed by atoms with Crippen LogP contribution in [0.3, 0.4) is 0 Å². The standard InChI is InChI=1S/C21H13Cl2N3O4S/c1-29-15-7-6-10-16(22)19(31-18(10)17(15)23)21(28)30-9-14(27)11(8-24)20-25-12-4-2-3-5-13(12)26-20/h2-7,27H,9H2,1H3,(H,25,26). The Kier molecular flexibility index (Phi) is 5.74. The monoisotopic (exact) mass is 473 g/mol. The third-order valence-corrected chi connectivity index (χ3v) is 6.67. The predicted molar refractivity (Wildman–Crippen MR) is 120 cm³/mol. The first kappa shape index (κ1) is 21.0. The SMILES string of the molecule is COc1ccc2c(Cl)c(C(=O)OCC(O)=C(C#N)c3nc4ccccc4[nH]3)sc2c1Cl. The number of carbonyl (C=O) groups is 1. The van der Waals surface area contributed by atoms with Crippen LogP contribution in [0.4, 0.5) is 0 Å². The number of ether oxygens (including phenoxy) is 2. The molecule has 2 heterocycles. The number of aliphatic hydroxyl groups is 1. The van der Waals surface area contributed by atoms with Crippen molar-refractivity contribution in [3.8, 4) is 11.8 Å². The summed E-state index contributed by atoms with van der Waals surface area (Å²) < 4.78 is 10.9. The topological polar surface area (TPSA) is 108 Å². The zero-order valence-corrected chi connectivity index (χ0v) is 18.2. The van der Waals surface area contributed by atoms with E-state index in [4.69, 9.17) is 32.7 Å². The first-order chi connectivity index (χ1) is 14.9. The van der Waals surface area contributed by atoms with Gasteiger partial charge in [0.2, 0.25) is 0 Å². The maximum atomic E-state index is 12.6. The molecule has 0 radical (unpaired) electrons. The number of halogens is 2. The van der Waals surface area contributed by atoms with Gasteiger partial charge in [-0.15, -0.1) is 11.3 Å². The molecule has 7 nitrogen and oxygen atoms in total. The zero-order chi connectivity index (χ0) is 22.1. The van der Waals surface area contributed by atoms with Gasteiger partial charge < -0.3 is 19.6 Å². The van der Waals surface area contributed by atoms with Crippen LogP contribution in [0.15, 0.2) is 42.2 Å². The van der Waals surface area contributed by atoms with Gasteiger partial charge in [0.15, 0.2) is 11.6 Å². The number of thiophene rings is 1. The van der Waals surface area contributed by atoms with Crippen LogP contribution in [0.25, 0.3) is 26.7 Å². The Labute approximate surface area is 190 Å². The number of allylic oxidation sites excluding steroid dienone is 1. The molecule has 0 atom stereocenters. The maximum absolute atomic E-state index is 12.6. The van der Waals surface area contributed by atoms with Crippen molar-refractivity contribution in [3.63, 3.8) is 0 Å². The van der Waals surface area contributed by atoms with Crippen LogP contribution < -0.4 is 4.74 Å². The Balaban J connectivity index is 1.59. The van der Waals surface area contributed by atoms with Gasteiger partial charge in [0.05, 0.1) is 27.9 Å². The van der Waals surface area contributed by atoms with Crippen LogP contribution in [0.1, 0.15) is 15.5 Å². The predicted octanol–water partition coefficient (Wildman–Crippen LogP) is 5.74. The number of nitrogens with zero attached hydrogens (tertiary/aromatic N) is 2. The Morgan fingerprint density at radius 1 is 1.26 bits per heavy atom. The molecule has 4 aromatic rings. The quantitative estimate of drug-likeness (QED) is 0.217. The number of rotatable bonds is 5. The van der Waals surface area contributed by atoms with E-state index >= 15 is 0 Å². The van der Waals surface area contributed by atoms with Crippen molar-refractivity contribution in [1.82, 2.24) is 9.97 Å². The fourth-order valence-corrected chi connectivity index (χ4v) is 4.75. The number of nitrogens with one attached hydrogen (secondary N) is 1. The van der Waals surface area contributed by atoms with E-state index in [1.807, 2.05) is 12.1 Å². The normalized spacial score (nSPS) is 11.9. The fourth-order valence-electron chi connectivity index (χ4n) is 2.97. The third-order valence-electron chi connectivity index (χ3n) is 4.47. The molecule has 31 heavy (non-hydrogen) atoms. The van der Waals surface area contributed by atoms with Crippen molar-refractivity contribution >= 4 is 67.2 Å². The highest BCUT2D eigenvalue weighted by atomic mass is 35.5. The summed E-state index contributed by atoms with van der Waals surface area (Å²) in [6, 6.07) is 12.4. The van der Waals surface area contributed by atoms with Gasteiger partial charge in [-0.05, 0) is 24.3 Å². The average molecular weight is 474 g/mol. The van der Waals surface area contributed by atoms with E-state index in [2.05, 4.69) is 9.97 Å². The summed E-state index contributed by atoms with van der Waals surface area (Å²) in [6.45, 7) is -0.527. The van der Waals surface area contributed by atoms with Crippen LogP contribution in [0.2, 0.25) is 10.0 Å². The van der Waals surface area contributed by atoms with E-state index in [1.54, 1.807) is 30.3 Å². The number of para-hydroxylation sites is 2. The molecule has 2 aromatic heterocycles. The molecule has 0 spiro atoms. The number of hydrogen-bond acceptors (Lipinski definition) is 7. The molecule has 0 bridgehead atoms. The van der Waals surface area contributed by atoms with E-state index in [0.29, 0.717) is 31.9 Å². The molecular formula is C21H13Cl2N3O4S. The summed E-state index contributed by atoms with van der Waals surface area (Å²) in [4.78, 5) is 19.9. The number of carbonyl (C=O) groups excluding carboxylic acids is 1. The van der Waals surface area contributed by atoms with E-state index in [9.17, 15) is 15.2 Å². The number of hydrogen-bond donors (Lipinski definition) is 2. The lowest BCUT2D eigenvalue weighted by Gasteiger charge is -2.04. The van der Waals surface area contributed by atoms with Gasteiger partial charge in [-0.2, -0.15) is 5.26 Å². The van der Waals surface area contributed by atoms with Gasteiger partial charge in [0.25, 0.3) is 0 Å². The highest BCUT2D eigenvalue weighted by molar-refractivity contribution is 7.22. The minimum atomic E-state index is -0.755. The van der Waals surface area contributed by atoms with Crippen LogP contribution >= 0.6 is 34.5 Å².